The second-order valence-electron chi connectivity index (χ2n) is 2.76. The van der Waals surface area contributed by atoms with Gasteiger partial charge < -0.3 is 0 Å². The van der Waals surface area contributed by atoms with Gasteiger partial charge in [-0.05, 0) is 18.8 Å². The lowest BCUT2D eigenvalue weighted by Crippen LogP contribution is -2.19. The van der Waals surface area contributed by atoms with Crippen molar-refractivity contribution < 1.29 is 4.79 Å². The molecule has 2 unspecified atom stereocenters. The molecule has 0 N–H and O–H groups in total. The predicted molar refractivity (Wildman–Crippen MR) is 50.1 cm³/mol. The Morgan fingerprint density at radius 3 is 2.91 bits per heavy atom. The van der Waals surface area contributed by atoms with E-state index in [9.17, 15) is 4.79 Å². The number of carbonyl (C=O) groups is 1. The van der Waals surface area contributed by atoms with E-state index in [0.717, 1.165) is 12.0 Å². The van der Waals surface area contributed by atoms with E-state index in [4.69, 9.17) is 11.6 Å². The summed E-state index contributed by atoms with van der Waals surface area (Å²) in [6.45, 7) is 3.67. The Morgan fingerprint density at radius 1 is 1.82 bits per heavy atom. The lowest BCUT2D eigenvalue weighted by molar-refractivity contribution is -0.113. The summed E-state index contributed by atoms with van der Waals surface area (Å²) in [5.41, 5.74) is 0.869. The highest BCUT2D eigenvalue weighted by atomic mass is 35.5. The van der Waals surface area contributed by atoms with Crippen LogP contribution in [0.2, 0.25) is 0 Å². The topological polar surface area (TPSA) is 17.1 Å². The molecule has 2 atom stereocenters. The average molecular weight is 191 g/mol. The van der Waals surface area contributed by atoms with Crippen LogP contribution < -0.4 is 0 Å². The molecule has 0 aromatic carbocycles. The maximum absolute atomic E-state index is 10.9. The first-order valence-electron chi connectivity index (χ1n) is 3.60. The Balaban J connectivity index is 2.66. The maximum atomic E-state index is 10.9. The van der Waals surface area contributed by atoms with Crippen molar-refractivity contribution >= 4 is 29.1 Å². The van der Waals surface area contributed by atoms with Gasteiger partial charge in [-0.3, -0.25) is 4.79 Å². The van der Waals surface area contributed by atoms with Gasteiger partial charge in [0.25, 0.3) is 0 Å². The summed E-state index contributed by atoms with van der Waals surface area (Å²) in [5.74, 6) is 0.148. The van der Waals surface area contributed by atoms with Crippen molar-refractivity contribution in [3.8, 4) is 0 Å². The predicted octanol–water partition coefficient (Wildman–Crippen LogP) is 2.59. The Labute approximate surface area is 76.2 Å². The Morgan fingerprint density at radius 2 is 2.45 bits per heavy atom. The molecular formula is C8H11ClOS. The molecule has 0 spiro atoms. The summed E-state index contributed by atoms with van der Waals surface area (Å²) >= 11 is 7.64. The number of Topliss-reactive ketones (excluding diaryl/α,β-unsaturated/α-hetero) is 1. The quantitative estimate of drug-likeness (QED) is 0.592. The van der Waals surface area contributed by atoms with Crippen molar-refractivity contribution in [3.05, 3.63) is 11.0 Å². The fourth-order valence-corrected chi connectivity index (χ4v) is 2.18. The zero-order chi connectivity index (χ0) is 8.43. The molecule has 0 aromatic heterocycles. The summed E-state index contributed by atoms with van der Waals surface area (Å²) in [6, 6.07) is 0. The fourth-order valence-electron chi connectivity index (χ4n) is 0.926. The van der Waals surface area contributed by atoms with Crippen LogP contribution in [0.5, 0.6) is 0 Å². The zero-order valence-electron chi connectivity index (χ0n) is 6.63. The van der Waals surface area contributed by atoms with Crippen LogP contribution in [-0.4, -0.2) is 16.4 Å². The van der Waals surface area contributed by atoms with E-state index in [2.05, 4.69) is 6.92 Å². The third kappa shape index (κ3) is 2.24. The standard InChI is InChI=1S/C8H11ClOS/c1-5(10)7-3-8(9)6(2)11-4-7/h4,6,8H,3H2,1-2H3. The highest BCUT2D eigenvalue weighted by molar-refractivity contribution is 8.02. The fraction of sp³-hybridized carbons (Fsp3) is 0.625. The minimum Gasteiger partial charge on any atom is -0.295 e. The molecule has 0 aromatic rings. The van der Waals surface area contributed by atoms with Crippen LogP contribution in [0, 0.1) is 0 Å². The van der Waals surface area contributed by atoms with Gasteiger partial charge in [-0.15, -0.1) is 23.4 Å². The van der Waals surface area contributed by atoms with Gasteiger partial charge >= 0.3 is 0 Å². The molecule has 0 bridgehead atoms. The molecule has 0 fully saturated rings. The molecule has 0 saturated carbocycles. The first-order chi connectivity index (χ1) is 5.11. The van der Waals surface area contributed by atoms with Crippen molar-refractivity contribution in [1.82, 2.24) is 0 Å². The van der Waals surface area contributed by atoms with E-state index < -0.39 is 0 Å². The third-order valence-corrected chi connectivity index (χ3v) is 3.66. The van der Waals surface area contributed by atoms with Crippen LogP contribution in [0.15, 0.2) is 11.0 Å². The second kappa shape index (κ2) is 3.63. The Kier molecular flexibility index (Phi) is 3.02. The van der Waals surface area contributed by atoms with Crippen LogP contribution in [0.3, 0.4) is 0 Å². The van der Waals surface area contributed by atoms with Gasteiger partial charge in [0.05, 0.1) is 0 Å². The summed E-state index contributed by atoms with van der Waals surface area (Å²) < 4.78 is 0. The SMILES string of the molecule is CC(=O)C1=CSC(C)C(Cl)C1. The first kappa shape index (κ1) is 9.14. The molecule has 0 aliphatic carbocycles. The number of halogens is 1. The third-order valence-electron chi connectivity index (χ3n) is 1.80. The van der Waals surface area contributed by atoms with Gasteiger partial charge in [0, 0.05) is 16.2 Å². The molecule has 1 aliphatic rings. The minimum absolute atomic E-state index is 0.115. The van der Waals surface area contributed by atoms with Crippen LogP contribution in [0.25, 0.3) is 0 Å². The molecule has 1 aliphatic heterocycles. The molecule has 0 amide bonds. The molecule has 11 heavy (non-hydrogen) atoms. The lowest BCUT2D eigenvalue weighted by Gasteiger charge is -2.21. The molecule has 3 heteroatoms. The van der Waals surface area contributed by atoms with Crippen molar-refractivity contribution in [1.29, 1.82) is 0 Å². The maximum Gasteiger partial charge on any atom is 0.156 e. The minimum atomic E-state index is 0.115. The van der Waals surface area contributed by atoms with Gasteiger partial charge in [-0.2, -0.15) is 0 Å². The summed E-state index contributed by atoms with van der Waals surface area (Å²) in [7, 11) is 0. The number of ketones is 1. The van der Waals surface area contributed by atoms with Crippen molar-refractivity contribution in [2.75, 3.05) is 0 Å². The number of thioether (sulfide) groups is 1. The number of carbonyl (C=O) groups excluding carboxylic acids is 1. The Bertz CT molecular complexity index is 200. The van der Waals surface area contributed by atoms with E-state index in [-0.39, 0.29) is 11.2 Å². The number of hydrogen-bond donors (Lipinski definition) is 0. The van der Waals surface area contributed by atoms with Gasteiger partial charge in [0.15, 0.2) is 5.78 Å². The van der Waals surface area contributed by atoms with Crippen LogP contribution >= 0.6 is 23.4 Å². The highest BCUT2D eigenvalue weighted by Crippen LogP contribution is 2.31. The molecular weight excluding hydrogens is 180 g/mol. The monoisotopic (exact) mass is 190 g/mol. The first-order valence-corrected chi connectivity index (χ1v) is 4.98. The van der Waals surface area contributed by atoms with Crippen LogP contribution in [0.1, 0.15) is 20.3 Å². The van der Waals surface area contributed by atoms with Crippen molar-refractivity contribution in [2.45, 2.75) is 30.9 Å². The lowest BCUT2D eigenvalue weighted by atomic mass is 10.1. The summed E-state index contributed by atoms with van der Waals surface area (Å²) in [4.78, 5) is 10.9. The van der Waals surface area contributed by atoms with E-state index >= 15 is 0 Å². The van der Waals surface area contributed by atoms with E-state index in [1.165, 1.54) is 0 Å². The zero-order valence-corrected chi connectivity index (χ0v) is 8.21. The number of rotatable bonds is 1. The number of hydrogen-bond acceptors (Lipinski definition) is 2. The smallest absolute Gasteiger partial charge is 0.156 e. The summed E-state index contributed by atoms with van der Waals surface area (Å²) in [6.07, 6.45) is 0.727. The van der Waals surface area contributed by atoms with Gasteiger partial charge in [0.1, 0.15) is 0 Å². The van der Waals surface area contributed by atoms with Crippen LogP contribution in [0.4, 0.5) is 0 Å². The average Bonchev–Trinajstić information content (AvgIpc) is 1.94. The van der Waals surface area contributed by atoms with Gasteiger partial charge in [-0.1, -0.05) is 6.92 Å². The van der Waals surface area contributed by atoms with E-state index in [0.29, 0.717) is 5.25 Å². The Hall–Kier alpha value is 0.0500. The largest absolute Gasteiger partial charge is 0.295 e. The molecule has 1 rings (SSSR count). The van der Waals surface area contributed by atoms with Crippen molar-refractivity contribution in [3.63, 3.8) is 0 Å². The van der Waals surface area contributed by atoms with Crippen molar-refractivity contribution in [2.24, 2.45) is 0 Å². The van der Waals surface area contributed by atoms with Gasteiger partial charge in [0.2, 0.25) is 0 Å². The molecule has 1 heterocycles. The molecule has 62 valence electrons. The summed E-state index contributed by atoms with van der Waals surface area (Å²) in [5, 5.41) is 2.48. The van der Waals surface area contributed by atoms with E-state index in [1.807, 2.05) is 5.41 Å². The number of allylic oxidation sites excluding steroid dienone is 1. The van der Waals surface area contributed by atoms with Gasteiger partial charge in [-0.25, -0.2) is 0 Å². The normalized spacial score (nSPS) is 31.4. The molecule has 0 saturated heterocycles. The highest BCUT2D eigenvalue weighted by Gasteiger charge is 2.22. The van der Waals surface area contributed by atoms with Crippen LogP contribution in [-0.2, 0) is 4.79 Å². The van der Waals surface area contributed by atoms with E-state index in [1.54, 1.807) is 18.7 Å². The molecule has 1 nitrogen and oxygen atoms in total. The number of alkyl halides is 1. The second-order valence-corrected chi connectivity index (χ2v) is 4.57. The molecule has 0 radical (unpaired) electrons.